The fourth-order valence-electron chi connectivity index (χ4n) is 3.98. The van der Waals surface area contributed by atoms with Crippen molar-refractivity contribution in [2.24, 2.45) is 5.73 Å². The van der Waals surface area contributed by atoms with Crippen LogP contribution >= 0.6 is 24.4 Å². The number of primary amides is 1. The third-order valence-electron chi connectivity index (χ3n) is 6.31. The van der Waals surface area contributed by atoms with Crippen LogP contribution in [-0.4, -0.2) is 110 Å². The lowest BCUT2D eigenvalue weighted by Gasteiger charge is -2.26. The van der Waals surface area contributed by atoms with Crippen molar-refractivity contribution in [3.8, 4) is 5.75 Å². The van der Waals surface area contributed by atoms with E-state index in [9.17, 15) is 48.6 Å². The molecule has 0 aliphatic carbocycles. The number of carboxylic acid groups (broad SMARTS) is 2. The number of phenolic OH excluding ortho intramolecular Hbond substituents is 1. The van der Waals surface area contributed by atoms with Gasteiger partial charge in [-0.1, -0.05) is 12.1 Å². The van der Waals surface area contributed by atoms with E-state index in [1.54, 1.807) is 0 Å². The van der Waals surface area contributed by atoms with Crippen LogP contribution in [0.5, 0.6) is 5.75 Å². The number of carboxylic acids is 2. The molecule has 0 radical (unpaired) electrons. The van der Waals surface area contributed by atoms with Crippen molar-refractivity contribution in [3.05, 3.63) is 29.8 Å². The first-order chi connectivity index (χ1) is 21.2. The molecule has 45 heavy (non-hydrogen) atoms. The van der Waals surface area contributed by atoms with Crippen molar-refractivity contribution in [2.45, 2.75) is 55.9 Å². The van der Waals surface area contributed by atoms with Gasteiger partial charge < -0.3 is 47.6 Å². The first-order valence-corrected chi connectivity index (χ1v) is 15.2. The number of thiol groups is 1. The fraction of sp³-hybridized carbons (Fsp3) is 0.462. The SMILES string of the molecule is NC(=O)[C@H](Cc1ccc(O)cc1)NC(=O)[C@@H]1CSCC(=O)N[C@@H](CS)C(=O)N[C@@H](CC(=O)O)C(=O)N[C@@H](CCC(=O)O)C(=O)N1. The zero-order valence-corrected chi connectivity index (χ0v) is 25.4. The summed E-state index contributed by atoms with van der Waals surface area (Å²) in [6, 6.07) is -1.59. The Labute approximate surface area is 266 Å². The predicted molar refractivity (Wildman–Crippen MR) is 161 cm³/mol. The van der Waals surface area contributed by atoms with E-state index in [-0.39, 0.29) is 29.4 Å². The summed E-state index contributed by atoms with van der Waals surface area (Å²) in [5.41, 5.74) is 6.01. The van der Waals surface area contributed by atoms with E-state index in [0.29, 0.717) is 5.56 Å². The van der Waals surface area contributed by atoms with Crippen molar-refractivity contribution < 1.29 is 53.7 Å². The van der Waals surface area contributed by atoms with Gasteiger partial charge in [0.2, 0.25) is 35.4 Å². The summed E-state index contributed by atoms with van der Waals surface area (Å²) in [4.78, 5) is 99.8. The van der Waals surface area contributed by atoms with Crippen LogP contribution in [0.15, 0.2) is 24.3 Å². The molecule has 0 spiro atoms. The largest absolute Gasteiger partial charge is 0.508 e. The number of nitrogens with two attached hydrogens (primary N) is 1. The minimum Gasteiger partial charge on any atom is -0.508 e. The molecule has 246 valence electrons. The molecule has 1 aliphatic heterocycles. The van der Waals surface area contributed by atoms with Crippen molar-refractivity contribution in [1.82, 2.24) is 26.6 Å². The molecule has 0 bridgehead atoms. The molecule has 1 aromatic carbocycles. The molecule has 19 heteroatoms. The summed E-state index contributed by atoms with van der Waals surface area (Å²) in [5.74, 6) is -9.27. The molecule has 1 saturated heterocycles. The van der Waals surface area contributed by atoms with Gasteiger partial charge in [-0.05, 0) is 24.1 Å². The molecule has 6 amide bonds. The summed E-state index contributed by atoms with van der Waals surface area (Å²) in [6.45, 7) is 0. The normalized spacial score (nSPS) is 22.2. The maximum Gasteiger partial charge on any atom is 0.305 e. The summed E-state index contributed by atoms with van der Waals surface area (Å²) in [6.07, 6.45) is -2.09. The van der Waals surface area contributed by atoms with E-state index in [4.69, 9.17) is 10.8 Å². The van der Waals surface area contributed by atoms with Gasteiger partial charge in [-0.3, -0.25) is 38.4 Å². The predicted octanol–water partition coefficient (Wildman–Crippen LogP) is -3.14. The Morgan fingerprint density at radius 1 is 0.911 bits per heavy atom. The number of nitrogens with one attached hydrogen (secondary N) is 5. The van der Waals surface area contributed by atoms with Gasteiger partial charge in [-0.2, -0.15) is 12.6 Å². The lowest BCUT2D eigenvalue weighted by atomic mass is 10.0. The molecule has 17 nitrogen and oxygen atoms in total. The van der Waals surface area contributed by atoms with E-state index in [1.165, 1.54) is 24.3 Å². The van der Waals surface area contributed by atoms with Gasteiger partial charge >= 0.3 is 11.9 Å². The molecule has 0 aromatic heterocycles. The van der Waals surface area contributed by atoms with Gasteiger partial charge in [-0.15, -0.1) is 11.8 Å². The first kappa shape index (κ1) is 36.7. The Morgan fingerprint density at radius 3 is 2.09 bits per heavy atom. The van der Waals surface area contributed by atoms with Crippen molar-refractivity contribution in [1.29, 1.82) is 0 Å². The standard InChI is InChI=1S/C26H34N6O11S2/c27-22(39)15(7-12-1-3-13(33)4-2-12)30-26(43)18-10-45-11-19(34)28-17(9-44)25(42)31-16(8-21(37)38)24(41)29-14(23(40)32-18)5-6-20(35)36/h1-4,14-18,33,44H,5-11H2,(H2,27,39)(H,28,34)(H,29,41)(H,30,43)(H,31,42)(H,32,40)(H,35,36)(H,37,38)/t14-,15-,16-,17-,18-/m0/s1. The molecule has 1 aliphatic rings. The number of thioether (sulfide) groups is 1. The minimum absolute atomic E-state index is 0.0303. The first-order valence-electron chi connectivity index (χ1n) is 13.4. The molecule has 1 aromatic rings. The topological polar surface area (TPSA) is 283 Å². The number of hydrogen-bond donors (Lipinski definition) is 10. The Bertz CT molecular complexity index is 1300. The van der Waals surface area contributed by atoms with E-state index in [0.717, 1.165) is 11.8 Å². The van der Waals surface area contributed by atoms with Crippen LogP contribution in [0.25, 0.3) is 0 Å². The van der Waals surface area contributed by atoms with Crippen LogP contribution in [0, 0.1) is 0 Å². The lowest BCUT2D eigenvalue weighted by molar-refractivity contribution is -0.141. The fourth-order valence-corrected chi connectivity index (χ4v) is 5.10. The third-order valence-corrected chi connectivity index (χ3v) is 7.71. The maximum absolute atomic E-state index is 13.3. The Morgan fingerprint density at radius 2 is 1.51 bits per heavy atom. The quantitative estimate of drug-likeness (QED) is 0.105. The third kappa shape index (κ3) is 12.5. The Balaban J connectivity index is 2.40. The van der Waals surface area contributed by atoms with Crippen molar-refractivity contribution >= 4 is 71.8 Å². The highest BCUT2D eigenvalue weighted by atomic mass is 32.2. The second-order valence-electron chi connectivity index (χ2n) is 9.87. The molecule has 1 fully saturated rings. The molecule has 0 saturated carbocycles. The molecule has 5 atom stereocenters. The van der Waals surface area contributed by atoms with Crippen LogP contribution in [0.4, 0.5) is 0 Å². The minimum atomic E-state index is -1.73. The summed E-state index contributed by atoms with van der Waals surface area (Å²) in [5, 5.41) is 39.6. The van der Waals surface area contributed by atoms with Crippen molar-refractivity contribution in [3.63, 3.8) is 0 Å². The number of hydrogen-bond acceptors (Lipinski definition) is 11. The Hall–Kier alpha value is -4.52. The van der Waals surface area contributed by atoms with Gasteiger partial charge in [0, 0.05) is 24.3 Å². The van der Waals surface area contributed by atoms with Crippen LogP contribution in [-0.2, 0) is 44.8 Å². The smallest absolute Gasteiger partial charge is 0.305 e. The van der Waals surface area contributed by atoms with E-state index in [2.05, 4.69) is 39.2 Å². The van der Waals surface area contributed by atoms with Crippen molar-refractivity contribution in [2.75, 3.05) is 17.3 Å². The zero-order chi connectivity index (χ0) is 33.7. The van der Waals surface area contributed by atoms with Gasteiger partial charge in [0.05, 0.1) is 12.2 Å². The van der Waals surface area contributed by atoms with E-state index in [1.807, 2.05) is 0 Å². The summed E-state index contributed by atoms with van der Waals surface area (Å²) in [7, 11) is 0. The van der Waals surface area contributed by atoms with Crippen LogP contribution in [0.3, 0.4) is 0 Å². The molecule has 2 rings (SSSR count). The van der Waals surface area contributed by atoms with Gasteiger partial charge in [-0.25, -0.2) is 0 Å². The van der Waals surface area contributed by atoms with Crippen LogP contribution in [0.2, 0.25) is 0 Å². The van der Waals surface area contributed by atoms with Gasteiger partial charge in [0.25, 0.3) is 0 Å². The molecular formula is C26H34N6O11S2. The molecule has 0 unspecified atom stereocenters. The lowest BCUT2D eigenvalue weighted by Crippen LogP contribution is -2.59. The molecule has 10 N–H and O–H groups in total. The number of carbonyl (C=O) groups is 8. The highest BCUT2D eigenvalue weighted by Gasteiger charge is 2.34. The average Bonchev–Trinajstić information content (AvgIpc) is 2.96. The van der Waals surface area contributed by atoms with Crippen LogP contribution < -0.4 is 32.3 Å². The maximum atomic E-state index is 13.3. The number of benzene rings is 1. The second-order valence-corrected chi connectivity index (χ2v) is 11.3. The number of carbonyl (C=O) groups excluding carboxylic acids is 6. The summed E-state index contributed by atoms with van der Waals surface area (Å²) >= 11 is 4.89. The number of aliphatic carboxylic acids is 2. The molecule has 1 heterocycles. The zero-order valence-electron chi connectivity index (χ0n) is 23.7. The number of phenols is 1. The second kappa shape index (κ2) is 17.7. The number of amides is 6. The highest BCUT2D eigenvalue weighted by molar-refractivity contribution is 8.00. The monoisotopic (exact) mass is 670 g/mol. The van der Waals surface area contributed by atoms with E-state index >= 15 is 0 Å². The number of rotatable bonds is 11. The highest BCUT2D eigenvalue weighted by Crippen LogP contribution is 2.12. The Kier molecular flexibility index (Phi) is 14.4. The van der Waals surface area contributed by atoms with Gasteiger partial charge in [0.15, 0.2) is 0 Å². The van der Waals surface area contributed by atoms with Gasteiger partial charge in [0.1, 0.15) is 36.0 Å². The van der Waals surface area contributed by atoms with E-state index < -0.39 is 96.9 Å². The summed E-state index contributed by atoms with van der Waals surface area (Å²) < 4.78 is 0. The average molecular weight is 671 g/mol. The molecular weight excluding hydrogens is 636 g/mol. The number of aromatic hydroxyl groups is 1. The van der Waals surface area contributed by atoms with Crippen LogP contribution in [0.1, 0.15) is 24.8 Å².